The quantitative estimate of drug-likeness (QED) is 0.254. The Labute approximate surface area is 191 Å². The molecule has 7 nitrogen and oxygen atoms in total. The molecule has 0 saturated carbocycles. The molecule has 0 radical (unpaired) electrons. The van der Waals surface area contributed by atoms with E-state index in [1.165, 1.54) is 12.1 Å². The molecule has 0 bridgehead atoms. The van der Waals surface area contributed by atoms with Crippen molar-refractivity contribution in [1.82, 2.24) is 4.98 Å². The van der Waals surface area contributed by atoms with Crippen LogP contribution in [0.25, 0.3) is 22.2 Å². The highest BCUT2D eigenvalue weighted by Crippen LogP contribution is 2.26. The molecule has 0 saturated heterocycles. The zero-order chi connectivity index (χ0) is 23.6. The van der Waals surface area contributed by atoms with Crippen molar-refractivity contribution in [3.8, 4) is 11.3 Å². The van der Waals surface area contributed by atoms with Crippen molar-refractivity contribution in [1.29, 1.82) is 0 Å². The number of carbonyl (C=O) groups is 1. The number of anilines is 1. The Hall–Kier alpha value is -4.04. The lowest BCUT2D eigenvalue weighted by molar-refractivity contribution is 0.102. The van der Waals surface area contributed by atoms with Gasteiger partial charge >= 0.3 is 0 Å². The van der Waals surface area contributed by atoms with Crippen molar-refractivity contribution >= 4 is 38.0 Å². The Morgan fingerprint density at radius 2 is 1.64 bits per heavy atom. The molecule has 1 amide bonds. The number of amides is 1. The third-order valence-electron chi connectivity index (χ3n) is 5.25. The van der Waals surface area contributed by atoms with Crippen LogP contribution in [-0.4, -0.2) is 36.5 Å². The van der Waals surface area contributed by atoms with Crippen molar-refractivity contribution in [2.24, 2.45) is 5.16 Å². The molecule has 0 aliphatic carbocycles. The fourth-order valence-corrected chi connectivity index (χ4v) is 4.07. The lowest BCUT2D eigenvalue weighted by Crippen LogP contribution is -2.13. The zero-order valence-electron chi connectivity index (χ0n) is 18.0. The normalized spacial score (nSPS) is 12.0. The fourth-order valence-electron chi connectivity index (χ4n) is 3.43. The van der Waals surface area contributed by atoms with E-state index in [1.807, 2.05) is 24.3 Å². The number of aromatic nitrogens is 1. The van der Waals surface area contributed by atoms with Crippen LogP contribution < -0.4 is 5.32 Å². The first-order chi connectivity index (χ1) is 15.8. The van der Waals surface area contributed by atoms with Gasteiger partial charge in [0.1, 0.15) is 0 Å². The summed E-state index contributed by atoms with van der Waals surface area (Å²) in [6, 6.07) is 22.4. The summed E-state index contributed by atoms with van der Waals surface area (Å²) < 4.78 is 23.5. The average molecular weight is 460 g/mol. The predicted octanol–water partition coefficient (Wildman–Crippen LogP) is 4.76. The molecule has 2 N–H and O–H groups in total. The molecule has 8 heteroatoms. The molecule has 1 aromatic heterocycles. The second-order valence-electron chi connectivity index (χ2n) is 7.59. The third kappa shape index (κ3) is 4.75. The molecular formula is C25H21N3O4S. The maximum atomic E-state index is 13.2. The van der Waals surface area contributed by atoms with Crippen molar-refractivity contribution in [2.75, 3.05) is 11.6 Å². The van der Waals surface area contributed by atoms with Gasteiger partial charge in [0.15, 0.2) is 9.84 Å². The molecule has 3 aromatic carbocycles. The van der Waals surface area contributed by atoms with Gasteiger partial charge in [-0.3, -0.25) is 4.79 Å². The van der Waals surface area contributed by atoms with Gasteiger partial charge in [-0.15, -0.1) is 0 Å². The minimum Gasteiger partial charge on any atom is -0.411 e. The summed E-state index contributed by atoms with van der Waals surface area (Å²) in [7, 11) is -3.31. The molecule has 0 spiro atoms. The number of nitrogens with one attached hydrogen (secondary N) is 1. The Balaban J connectivity index is 1.72. The number of oxime groups is 1. The Morgan fingerprint density at radius 1 is 0.970 bits per heavy atom. The van der Waals surface area contributed by atoms with E-state index in [0.717, 1.165) is 11.8 Å². The molecule has 33 heavy (non-hydrogen) atoms. The van der Waals surface area contributed by atoms with E-state index in [0.29, 0.717) is 39.1 Å². The largest absolute Gasteiger partial charge is 0.411 e. The minimum absolute atomic E-state index is 0.218. The Kier molecular flexibility index (Phi) is 5.93. The molecule has 166 valence electrons. The van der Waals surface area contributed by atoms with Crippen molar-refractivity contribution in [2.45, 2.75) is 11.8 Å². The van der Waals surface area contributed by atoms with Crippen molar-refractivity contribution < 1.29 is 18.4 Å². The van der Waals surface area contributed by atoms with E-state index in [-0.39, 0.29) is 10.8 Å². The van der Waals surface area contributed by atoms with Gasteiger partial charge in [0.25, 0.3) is 5.91 Å². The summed E-state index contributed by atoms with van der Waals surface area (Å²) in [6.07, 6.45) is 1.16. The maximum absolute atomic E-state index is 13.2. The van der Waals surface area contributed by atoms with Crippen LogP contribution in [0.15, 0.2) is 88.9 Å². The van der Waals surface area contributed by atoms with Gasteiger partial charge in [-0.1, -0.05) is 47.6 Å². The highest BCUT2D eigenvalue weighted by molar-refractivity contribution is 7.90. The number of sulfone groups is 1. The Bertz CT molecular complexity index is 1480. The summed E-state index contributed by atoms with van der Waals surface area (Å²) >= 11 is 0. The van der Waals surface area contributed by atoms with Crippen molar-refractivity contribution in [3.63, 3.8) is 0 Å². The van der Waals surface area contributed by atoms with Crippen LogP contribution >= 0.6 is 0 Å². The second kappa shape index (κ2) is 8.84. The summed E-state index contributed by atoms with van der Waals surface area (Å²) in [6.45, 7) is 1.68. The molecule has 0 aliphatic heterocycles. The van der Waals surface area contributed by atoms with Gasteiger partial charge in [0, 0.05) is 22.9 Å². The van der Waals surface area contributed by atoms with Crippen LogP contribution in [0.3, 0.4) is 0 Å². The molecule has 0 fully saturated rings. The van der Waals surface area contributed by atoms with Crippen LogP contribution in [0.5, 0.6) is 0 Å². The van der Waals surface area contributed by atoms with E-state index < -0.39 is 9.84 Å². The molecule has 1 heterocycles. The average Bonchev–Trinajstić information content (AvgIpc) is 2.82. The fraction of sp³-hybridized carbons (Fsp3) is 0.0800. The molecule has 0 atom stereocenters. The number of para-hydroxylation sites is 1. The molecule has 4 aromatic rings. The number of nitrogens with zero attached hydrogens (tertiary/aromatic N) is 2. The zero-order valence-corrected chi connectivity index (χ0v) is 18.8. The van der Waals surface area contributed by atoms with Crippen LogP contribution in [0, 0.1) is 0 Å². The summed E-state index contributed by atoms with van der Waals surface area (Å²) in [5, 5.41) is 15.7. The van der Waals surface area contributed by atoms with Crippen LogP contribution in [-0.2, 0) is 9.84 Å². The van der Waals surface area contributed by atoms with E-state index in [4.69, 9.17) is 5.21 Å². The topological polar surface area (TPSA) is 109 Å². The summed E-state index contributed by atoms with van der Waals surface area (Å²) in [4.78, 5) is 18.1. The molecule has 0 aliphatic rings. The standard InChI is InChI=1S/C25H21N3O4S/c1-16(28-30)17-7-11-19(12-8-17)26-25(29)22-15-24(27-23-6-4-3-5-21(22)23)18-9-13-20(14-10-18)33(2,31)32/h3-15,30H,1-2H3,(H,26,29)/b28-16+. The number of carbonyl (C=O) groups excluding carboxylic acids is 1. The minimum atomic E-state index is -3.31. The van der Waals surface area contributed by atoms with Gasteiger partial charge < -0.3 is 10.5 Å². The smallest absolute Gasteiger partial charge is 0.256 e. The monoisotopic (exact) mass is 459 g/mol. The SMILES string of the molecule is C/C(=N\O)c1ccc(NC(=O)c2cc(-c3ccc(S(C)(=O)=O)cc3)nc3ccccc23)cc1. The third-order valence-corrected chi connectivity index (χ3v) is 6.38. The number of fused-ring (bicyclic) bond motifs is 1. The Morgan fingerprint density at radius 3 is 2.27 bits per heavy atom. The molecule has 0 unspecified atom stereocenters. The van der Waals surface area contributed by atoms with E-state index >= 15 is 0 Å². The van der Waals surface area contributed by atoms with E-state index in [9.17, 15) is 13.2 Å². The maximum Gasteiger partial charge on any atom is 0.256 e. The number of hydrogen-bond donors (Lipinski definition) is 2. The second-order valence-corrected chi connectivity index (χ2v) is 9.60. The summed E-state index contributed by atoms with van der Waals surface area (Å²) in [5.74, 6) is -0.303. The summed E-state index contributed by atoms with van der Waals surface area (Å²) in [5.41, 5.74) is 4.16. The molecule has 4 rings (SSSR count). The highest BCUT2D eigenvalue weighted by atomic mass is 32.2. The first-order valence-corrected chi connectivity index (χ1v) is 12.0. The van der Waals surface area contributed by atoms with Crippen LogP contribution in [0.4, 0.5) is 5.69 Å². The first-order valence-electron chi connectivity index (χ1n) is 10.1. The lowest BCUT2D eigenvalue weighted by Gasteiger charge is -2.11. The van der Waals surface area contributed by atoms with Crippen LogP contribution in [0.1, 0.15) is 22.8 Å². The van der Waals surface area contributed by atoms with Gasteiger partial charge in [0.05, 0.1) is 27.4 Å². The number of rotatable bonds is 5. The van der Waals surface area contributed by atoms with E-state index in [1.54, 1.807) is 49.4 Å². The first kappa shape index (κ1) is 22.2. The van der Waals surface area contributed by atoms with Crippen molar-refractivity contribution in [3.05, 3.63) is 90.0 Å². The number of benzene rings is 3. The number of pyridine rings is 1. The van der Waals surface area contributed by atoms with Gasteiger partial charge in [-0.2, -0.15) is 0 Å². The van der Waals surface area contributed by atoms with Gasteiger partial charge in [-0.05, 0) is 48.9 Å². The lowest BCUT2D eigenvalue weighted by atomic mass is 10.0. The van der Waals surface area contributed by atoms with Gasteiger partial charge in [-0.25, -0.2) is 13.4 Å². The highest BCUT2D eigenvalue weighted by Gasteiger charge is 2.15. The van der Waals surface area contributed by atoms with Crippen LogP contribution in [0.2, 0.25) is 0 Å². The predicted molar refractivity (Wildman–Crippen MR) is 129 cm³/mol. The van der Waals surface area contributed by atoms with Gasteiger partial charge in [0.2, 0.25) is 0 Å². The molecular weight excluding hydrogens is 438 g/mol. The van der Waals surface area contributed by atoms with E-state index in [2.05, 4.69) is 15.5 Å². The number of hydrogen-bond acceptors (Lipinski definition) is 6.